The highest BCUT2D eigenvalue weighted by Crippen LogP contribution is 2.30. The van der Waals surface area contributed by atoms with Crippen molar-refractivity contribution in [2.45, 2.75) is 25.9 Å². The highest BCUT2D eigenvalue weighted by Gasteiger charge is 2.29. The number of rotatable bonds is 5. The lowest BCUT2D eigenvalue weighted by Gasteiger charge is -2.08. The quantitative estimate of drug-likeness (QED) is 0.744. The van der Waals surface area contributed by atoms with Crippen LogP contribution in [0.4, 0.5) is 13.2 Å². The van der Waals surface area contributed by atoms with Crippen molar-refractivity contribution in [2.24, 2.45) is 0 Å². The van der Waals surface area contributed by atoms with Crippen LogP contribution in [0.25, 0.3) is 0 Å². The van der Waals surface area contributed by atoms with Gasteiger partial charge in [-0.3, -0.25) is 0 Å². The molecule has 2 nitrogen and oxygen atoms in total. The van der Waals surface area contributed by atoms with Gasteiger partial charge in [-0.05, 0) is 37.6 Å². The molecule has 0 bridgehead atoms. The van der Waals surface area contributed by atoms with E-state index < -0.39 is 11.7 Å². The highest BCUT2D eigenvalue weighted by molar-refractivity contribution is 5.75. The third-order valence-electron chi connectivity index (χ3n) is 2.12. The maximum absolute atomic E-state index is 12.2. The number of carbonyl (C=O) groups is 1. The zero-order valence-corrected chi connectivity index (χ0v) is 9.38. The first kappa shape index (κ1) is 13.5. The zero-order valence-electron chi connectivity index (χ0n) is 9.38. The van der Waals surface area contributed by atoms with E-state index in [0.717, 1.165) is 12.1 Å². The molecule has 0 saturated heterocycles. The standard InChI is InChI=1S/C12H13F3O2/c1-9(16)3-2-8-17-11-6-4-10(5-7-11)12(13,14)15/h4-7H,2-3,8H2,1H3. The van der Waals surface area contributed by atoms with Gasteiger partial charge in [0.15, 0.2) is 0 Å². The molecule has 0 N–H and O–H groups in total. The molecule has 5 heteroatoms. The molecular weight excluding hydrogens is 233 g/mol. The summed E-state index contributed by atoms with van der Waals surface area (Å²) in [5.41, 5.74) is -0.700. The Hall–Kier alpha value is -1.52. The average Bonchev–Trinajstić information content (AvgIpc) is 2.23. The van der Waals surface area contributed by atoms with Crippen molar-refractivity contribution in [3.63, 3.8) is 0 Å². The lowest BCUT2D eigenvalue weighted by atomic mass is 10.2. The first-order valence-corrected chi connectivity index (χ1v) is 5.19. The smallest absolute Gasteiger partial charge is 0.416 e. The lowest BCUT2D eigenvalue weighted by molar-refractivity contribution is -0.137. The SMILES string of the molecule is CC(=O)CCCOc1ccc(C(F)(F)F)cc1. The normalized spacial score (nSPS) is 11.3. The molecule has 17 heavy (non-hydrogen) atoms. The molecule has 0 heterocycles. The maximum Gasteiger partial charge on any atom is 0.416 e. The van der Waals surface area contributed by atoms with E-state index in [1.165, 1.54) is 19.1 Å². The summed E-state index contributed by atoms with van der Waals surface area (Å²) in [6, 6.07) is 4.49. The van der Waals surface area contributed by atoms with Crippen LogP contribution in [0, 0.1) is 0 Å². The van der Waals surface area contributed by atoms with Crippen molar-refractivity contribution >= 4 is 5.78 Å². The number of hydrogen-bond acceptors (Lipinski definition) is 2. The molecule has 1 rings (SSSR count). The van der Waals surface area contributed by atoms with Crippen LogP contribution in [0.15, 0.2) is 24.3 Å². The van der Waals surface area contributed by atoms with Gasteiger partial charge in [-0.2, -0.15) is 13.2 Å². The third kappa shape index (κ3) is 4.89. The Kier molecular flexibility index (Phi) is 4.54. The number of benzene rings is 1. The van der Waals surface area contributed by atoms with E-state index >= 15 is 0 Å². The molecule has 0 fully saturated rings. The van der Waals surface area contributed by atoms with Crippen LogP contribution in [0.2, 0.25) is 0 Å². The second-order valence-corrected chi connectivity index (χ2v) is 3.68. The van der Waals surface area contributed by atoms with Crippen LogP contribution in [0.1, 0.15) is 25.3 Å². The van der Waals surface area contributed by atoms with Crippen molar-refractivity contribution in [3.05, 3.63) is 29.8 Å². The molecule has 1 aromatic rings. The van der Waals surface area contributed by atoms with Crippen LogP contribution >= 0.6 is 0 Å². The van der Waals surface area contributed by atoms with E-state index in [0.29, 0.717) is 25.2 Å². The number of ketones is 1. The number of halogens is 3. The first-order chi connectivity index (χ1) is 7.89. The van der Waals surface area contributed by atoms with Crippen LogP contribution in [0.5, 0.6) is 5.75 Å². The van der Waals surface area contributed by atoms with Gasteiger partial charge >= 0.3 is 6.18 Å². The predicted molar refractivity (Wildman–Crippen MR) is 56.9 cm³/mol. The summed E-state index contributed by atoms with van der Waals surface area (Å²) in [5.74, 6) is 0.447. The van der Waals surface area contributed by atoms with Crippen molar-refractivity contribution < 1.29 is 22.7 Å². The average molecular weight is 246 g/mol. The van der Waals surface area contributed by atoms with Crippen molar-refractivity contribution in [3.8, 4) is 5.75 Å². The summed E-state index contributed by atoms with van der Waals surface area (Å²) < 4.78 is 41.9. The molecule has 0 saturated carbocycles. The second kappa shape index (κ2) is 5.70. The fourth-order valence-electron chi connectivity index (χ4n) is 1.25. The van der Waals surface area contributed by atoms with Gasteiger partial charge in [-0.25, -0.2) is 0 Å². The van der Waals surface area contributed by atoms with Crippen LogP contribution in [0.3, 0.4) is 0 Å². The predicted octanol–water partition coefficient (Wildman–Crippen LogP) is 3.45. The Balaban J connectivity index is 2.43. The number of Topliss-reactive ketones (excluding diaryl/α,β-unsaturated/α-hetero) is 1. The van der Waals surface area contributed by atoms with Gasteiger partial charge in [0.2, 0.25) is 0 Å². The highest BCUT2D eigenvalue weighted by atomic mass is 19.4. The molecule has 0 aromatic heterocycles. The summed E-state index contributed by atoms with van der Waals surface area (Å²) in [6.07, 6.45) is -3.34. The zero-order chi connectivity index (χ0) is 12.9. The number of alkyl halides is 3. The van der Waals surface area contributed by atoms with E-state index in [1.54, 1.807) is 0 Å². The van der Waals surface area contributed by atoms with Gasteiger partial charge in [0.25, 0.3) is 0 Å². The molecule has 0 radical (unpaired) electrons. The number of hydrogen-bond donors (Lipinski definition) is 0. The van der Waals surface area contributed by atoms with E-state index in [-0.39, 0.29) is 5.78 Å². The molecule has 94 valence electrons. The molecule has 0 spiro atoms. The molecular formula is C12H13F3O2. The fourth-order valence-corrected chi connectivity index (χ4v) is 1.25. The van der Waals surface area contributed by atoms with Gasteiger partial charge in [0, 0.05) is 6.42 Å². The molecule has 1 aromatic carbocycles. The Morgan fingerprint density at radius 2 is 1.82 bits per heavy atom. The van der Waals surface area contributed by atoms with E-state index in [9.17, 15) is 18.0 Å². The monoisotopic (exact) mass is 246 g/mol. The van der Waals surface area contributed by atoms with E-state index in [2.05, 4.69) is 0 Å². The molecule has 0 aliphatic heterocycles. The fraction of sp³-hybridized carbons (Fsp3) is 0.417. The van der Waals surface area contributed by atoms with Crippen molar-refractivity contribution in [1.29, 1.82) is 0 Å². The Labute approximate surface area is 97.4 Å². The summed E-state index contributed by atoms with van der Waals surface area (Å²) in [5, 5.41) is 0. The molecule has 0 atom stereocenters. The minimum Gasteiger partial charge on any atom is -0.494 e. The molecule has 0 unspecified atom stereocenters. The lowest BCUT2D eigenvalue weighted by Crippen LogP contribution is -2.05. The van der Waals surface area contributed by atoms with Crippen LogP contribution in [-0.4, -0.2) is 12.4 Å². The third-order valence-corrected chi connectivity index (χ3v) is 2.12. The Morgan fingerprint density at radius 1 is 1.24 bits per heavy atom. The number of ether oxygens (including phenoxy) is 1. The Morgan fingerprint density at radius 3 is 2.29 bits per heavy atom. The van der Waals surface area contributed by atoms with Gasteiger partial charge in [0.1, 0.15) is 11.5 Å². The minimum absolute atomic E-state index is 0.0704. The van der Waals surface area contributed by atoms with Gasteiger partial charge < -0.3 is 9.53 Å². The maximum atomic E-state index is 12.2. The van der Waals surface area contributed by atoms with E-state index in [4.69, 9.17) is 4.74 Å². The van der Waals surface area contributed by atoms with Crippen molar-refractivity contribution in [1.82, 2.24) is 0 Å². The summed E-state index contributed by atoms with van der Waals surface area (Å²) in [7, 11) is 0. The first-order valence-electron chi connectivity index (χ1n) is 5.19. The van der Waals surface area contributed by atoms with Crippen LogP contribution in [-0.2, 0) is 11.0 Å². The van der Waals surface area contributed by atoms with Gasteiger partial charge in [-0.15, -0.1) is 0 Å². The second-order valence-electron chi connectivity index (χ2n) is 3.68. The van der Waals surface area contributed by atoms with Crippen molar-refractivity contribution in [2.75, 3.05) is 6.61 Å². The number of carbonyl (C=O) groups excluding carboxylic acids is 1. The van der Waals surface area contributed by atoms with Gasteiger partial charge in [-0.1, -0.05) is 0 Å². The summed E-state index contributed by atoms with van der Waals surface area (Å²) >= 11 is 0. The van der Waals surface area contributed by atoms with Crippen LogP contribution < -0.4 is 4.74 Å². The topological polar surface area (TPSA) is 26.3 Å². The largest absolute Gasteiger partial charge is 0.494 e. The minimum atomic E-state index is -4.33. The molecule has 0 aliphatic rings. The van der Waals surface area contributed by atoms with E-state index in [1.807, 2.05) is 0 Å². The molecule has 0 amide bonds. The molecule has 0 aliphatic carbocycles. The summed E-state index contributed by atoms with van der Waals surface area (Å²) in [6.45, 7) is 1.81. The van der Waals surface area contributed by atoms with Gasteiger partial charge in [0.05, 0.1) is 12.2 Å². The summed E-state index contributed by atoms with van der Waals surface area (Å²) in [4.78, 5) is 10.6. The Bertz CT molecular complexity index is 368.